The molecule has 2 atom stereocenters. The number of aromatic nitrogens is 1. The lowest BCUT2D eigenvalue weighted by atomic mass is 9.76. The molecule has 1 aromatic heterocycles. The third kappa shape index (κ3) is 3.10. The number of carbonyl (C=O) groups is 1. The Balaban J connectivity index is 1.57. The van der Waals surface area contributed by atoms with Gasteiger partial charge in [0, 0.05) is 37.3 Å². The molecule has 21 heavy (non-hydrogen) atoms. The van der Waals surface area contributed by atoms with Crippen LogP contribution < -0.4 is 0 Å². The summed E-state index contributed by atoms with van der Waals surface area (Å²) in [7, 11) is 0. The van der Waals surface area contributed by atoms with Crippen molar-refractivity contribution in [2.75, 3.05) is 13.1 Å². The van der Waals surface area contributed by atoms with E-state index < -0.39 is 0 Å². The van der Waals surface area contributed by atoms with Crippen molar-refractivity contribution in [3.63, 3.8) is 0 Å². The van der Waals surface area contributed by atoms with Gasteiger partial charge < -0.3 is 10.0 Å². The lowest BCUT2D eigenvalue weighted by molar-refractivity contribution is -0.136. The van der Waals surface area contributed by atoms with Crippen molar-refractivity contribution in [2.24, 2.45) is 5.41 Å². The van der Waals surface area contributed by atoms with E-state index in [4.69, 9.17) is 0 Å². The van der Waals surface area contributed by atoms with Crippen molar-refractivity contribution >= 4 is 5.91 Å². The maximum absolute atomic E-state index is 12.4. The standard InChI is InChI=1S/C17H24N2O2/c20-15-3-1-8-17(15)9-2-12-19(13-17)16(21)5-4-14-6-10-18-11-7-14/h6-7,10-11,15,20H,1-5,8-9,12-13H2/t15-,17+/m1/s1. The highest BCUT2D eigenvalue weighted by Gasteiger charge is 2.45. The van der Waals surface area contributed by atoms with Crippen LogP contribution in [0.2, 0.25) is 0 Å². The van der Waals surface area contributed by atoms with Crippen LogP contribution in [0.1, 0.15) is 44.1 Å². The zero-order valence-electron chi connectivity index (χ0n) is 12.5. The fourth-order valence-electron chi connectivity index (χ4n) is 3.93. The first-order chi connectivity index (χ1) is 10.2. The highest BCUT2D eigenvalue weighted by Crippen LogP contribution is 2.45. The van der Waals surface area contributed by atoms with E-state index in [0.29, 0.717) is 6.42 Å². The molecule has 114 valence electrons. The molecule has 4 nitrogen and oxygen atoms in total. The smallest absolute Gasteiger partial charge is 0.222 e. The lowest BCUT2D eigenvalue weighted by Crippen LogP contribution is -2.49. The molecule has 1 saturated heterocycles. The molecule has 2 aliphatic rings. The third-order valence-corrected chi connectivity index (χ3v) is 5.20. The van der Waals surface area contributed by atoms with Crippen LogP contribution >= 0.6 is 0 Å². The Bertz CT molecular complexity index is 491. The van der Waals surface area contributed by atoms with Gasteiger partial charge in [0.05, 0.1) is 6.10 Å². The van der Waals surface area contributed by atoms with Crippen LogP contribution in [0.15, 0.2) is 24.5 Å². The molecule has 3 rings (SSSR count). The molecule has 1 aliphatic carbocycles. The number of piperidine rings is 1. The average Bonchev–Trinajstić information content (AvgIpc) is 2.86. The summed E-state index contributed by atoms with van der Waals surface area (Å²) in [6, 6.07) is 3.93. The monoisotopic (exact) mass is 288 g/mol. The summed E-state index contributed by atoms with van der Waals surface area (Å²) in [5, 5.41) is 10.3. The summed E-state index contributed by atoms with van der Waals surface area (Å²) in [6.45, 7) is 1.60. The quantitative estimate of drug-likeness (QED) is 0.927. The van der Waals surface area contributed by atoms with Crippen molar-refractivity contribution in [1.29, 1.82) is 0 Å². The van der Waals surface area contributed by atoms with Gasteiger partial charge in [-0.15, -0.1) is 0 Å². The number of amides is 1. The fraction of sp³-hybridized carbons (Fsp3) is 0.647. The summed E-state index contributed by atoms with van der Waals surface area (Å²) >= 11 is 0. The van der Waals surface area contributed by atoms with Crippen LogP contribution in [0.4, 0.5) is 0 Å². The Morgan fingerprint density at radius 1 is 1.33 bits per heavy atom. The Kier molecular flexibility index (Phi) is 4.24. The van der Waals surface area contributed by atoms with Crippen molar-refractivity contribution < 1.29 is 9.90 Å². The second kappa shape index (κ2) is 6.14. The highest BCUT2D eigenvalue weighted by molar-refractivity contribution is 5.76. The molecule has 1 aliphatic heterocycles. The number of nitrogens with zero attached hydrogens (tertiary/aromatic N) is 2. The first-order valence-electron chi connectivity index (χ1n) is 8.04. The van der Waals surface area contributed by atoms with Crippen LogP contribution in [-0.2, 0) is 11.2 Å². The summed E-state index contributed by atoms with van der Waals surface area (Å²) in [6.07, 6.45) is 9.81. The first kappa shape index (κ1) is 14.5. The summed E-state index contributed by atoms with van der Waals surface area (Å²) in [5.74, 6) is 0.227. The number of carbonyl (C=O) groups excluding carboxylic acids is 1. The first-order valence-corrected chi connectivity index (χ1v) is 8.04. The third-order valence-electron chi connectivity index (χ3n) is 5.20. The molecular weight excluding hydrogens is 264 g/mol. The summed E-state index contributed by atoms with van der Waals surface area (Å²) in [4.78, 5) is 18.4. The highest BCUT2D eigenvalue weighted by atomic mass is 16.3. The number of likely N-dealkylation sites (tertiary alicyclic amines) is 1. The molecule has 0 bridgehead atoms. The second-order valence-electron chi connectivity index (χ2n) is 6.54. The van der Waals surface area contributed by atoms with Crippen molar-refractivity contribution in [3.8, 4) is 0 Å². The zero-order valence-corrected chi connectivity index (χ0v) is 12.5. The van der Waals surface area contributed by atoms with Gasteiger partial charge in [0.25, 0.3) is 0 Å². The van der Waals surface area contributed by atoms with E-state index in [0.717, 1.165) is 57.2 Å². The SMILES string of the molecule is O=C(CCc1ccncc1)N1CCC[C@@]2(CCC[C@H]2O)C1. The molecule has 4 heteroatoms. The topological polar surface area (TPSA) is 53.4 Å². The molecule has 0 aromatic carbocycles. The van der Waals surface area contributed by atoms with Crippen LogP contribution in [0, 0.1) is 5.41 Å². The normalized spacial score (nSPS) is 29.0. The molecule has 0 unspecified atom stereocenters. The molecule has 1 aromatic rings. The van der Waals surface area contributed by atoms with Gasteiger partial charge in [0.2, 0.25) is 5.91 Å². The van der Waals surface area contributed by atoms with E-state index >= 15 is 0 Å². The van der Waals surface area contributed by atoms with Crippen molar-refractivity contribution in [3.05, 3.63) is 30.1 Å². The van der Waals surface area contributed by atoms with Gasteiger partial charge in [0.1, 0.15) is 0 Å². The van der Waals surface area contributed by atoms with E-state index in [1.54, 1.807) is 12.4 Å². The molecule has 1 spiro atoms. The van der Waals surface area contributed by atoms with Crippen LogP contribution in [0.5, 0.6) is 0 Å². The second-order valence-corrected chi connectivity index (χ2v) is 6.54. The molecule has 0 radical (unpaired) electrons. The molecular formula is C17H24N2O2. The van der Waals surface area contributed by atoms with E-state index in [1.165, 1.54) is 0 Å². The van der Waals surface area contributed by atoms with Crippen LogP contribution in [-0.4, -0.2) is 40.1 Å². The lowest BCUT2D eigenvalue weighted by Gasteiger charge is -2.42. The van der Waals surface area contributed by atoms with Gasteiger partial charge in [-0.2, -0.15) is 0 Å². The van der Waals surface area contributed by atoms with Gasteiger partial charge in [0.15, 0.2) is 0 Å². The number of aryl methyl sites for hydroxylation is 1. The molecule has 1 amide bonds. The van der Waals surface area contributed by atoms with Crippen molar-refractivity contribution in [2.45, 2.75) is 51.0 Å². The van der Waals surface area contributed by atoms with Gasteiger partial charge in [-0.3, -0.25) is 9.78 Å². The maximum Gasteiger partial charge on any atom is 0.222 e. The van der Waals surface area contributed by atoms with Crippen LogP contribution in [0.3, 0.4) is 0 Å². The predicted octanol–water partition coefficient (Wildman–Crippen LogP) is 2.17. The largest absolute Gasteiger partial charge is 0.392 e. The predicted molar refractivity (Wildman–Crippen MR) is 80.7 cm³/mol. The van der Waals surface area contributed by atoms with Gasteiger partial charge >= 0.3 is 0 Å². The Morgan fingerprint density at radius 2 is 2.10 bits per heavy atom. The Morgan fingerprint density at radius 3 is 2.81 bits per heavy atom. The molecule has 1 N–H and O–H groups in total. The van der Waals surface area contributed by atoms with E-state index in [-0.39, 0.29) is 17.4 Å². The minimum absolute atomic E-state index is 0.00935. The van der Waals surface area contributed by atoms with Crippen molar-refractivity contribution in [1.82, 2.24) is 9.88 Å². The molecule has 2 fully saturated rings. The molecule has 1 saturated carbocycles. The number of pyridine rings is 1. The Labute approximate surface area is 126 Å². The van der Waals surface area contributed by atoms with Crippen LogP contribution in [0.25, 0.3) is 0 Å². The Hall–Kier alpha value is -1.42. The maximum atomic E-state index is 12.4. The minimum atomic E-state index is -0.215. The van der Waals surface area contributed by atoms with Gasteiger partial charge in [-0.1, -0.05) is 6.42 Å². The number of aliphatic hydroxyl groups is 1. The number of hydrogen-bond donors (Lipinski definition) is 1. The number of hydrogen-bond acceptors (Lipinski definition) is 3. The van der Waals surface area contributed by atoms with E-state index in [1.807, 2.05) is 17.0 Å². The number of rotatable bonds is 3. The fourth-order valence-corrected chi connectivity index (χ4v) is 3.93. The number of aliphatic hydroxyl groups excluding tert-OH is 1. The van der Waals surface area contributed by atoms with Gasteiger partial charge in [-0.05, 0) is 49.8 Å². The van der Waals surface area contributed by atoms with E-state index in [2.05, 4.69) is 4.98 Å². The van der Waals surface area contributed by atoms with E-state index in [9.17, 15) is 9.90 Å². The zero-order chi connectivity index (χ0) is 14.7. The summed E-state index contributed by atoms with van der Waals surface area (Å²) < 4.78 is 0. The minimum Gasteiger partial charge on any atom is -0.392 e. The molecule has 2 heterocycles. The van der Waals surface area contributed by atoms with Gasteiger partial charge in [-0.25, -0.2) is 0 Å². The summed E-state index contributed by atoms with van der Waals surface area (Å²) in [5.41, 5.74) is 1.15. The average molecular weight is 288 g/mol.